The van der Waals surface area contributed by atoms with E-state index in [9.17, 15) is 13.6 Å². The van der Waals surface area contributed by atoms with Crippen LogP contribution in [0.25, 0.3) is 0 Å². The Labute approximate surface area is 128 Å². The second-order valence-electron chi connectivity index (χ2n) is 5.09. The number of rotatable bonds is 5. The molecule has 22 heavy (non-hydrogen) atoms. The number of hydrogen-bond donors (Lipinski definition) is 1. The van der Waals surface area contributed by atoms with Crippen LogP contribution in [0.4, 0.5) is 13.6 Å². The quantitative estimate of drug-likeness (QED) is 0.848. The van der Waals surface area contributed by atoms with E-state index in [1.54, 1.807) is 4.90 Å². The maximum Gasteiger partial charge on any atom is 0.318 e. The van der Waals surface area contributed by atoms with Crippen molar-refractivity contribution in [3.05, 3.63) is 29.8 Å². The number of hydrogen-bond acceptors (Lipinski definition) is 3. The van der Waals surface area contributed by atoms with E-state index in [2.05, 4.69) is 5.32 Å². The van der Waals surface area contributed by atoms with E-state index in [0.717, 1.165) is 11.3 Å². The average molecular weight is 314 g/mol. The van der Waals surface area contributed by atoms with E-state index < -0.39 is 13.0 Å². The van der Waals surface area contributed by atoms with Crippen LogP contribution < -0.4 is 10.1 Å². The number of benzene rings is 1. The lowest BCUT2D eigenvalue weighted by molar-refractivity contribution is 0.0189. The minimum Gasteiger partial charge on any atom is -0.491 e. The van der Waals surface area contributed by atoms with Gasteiger partial charge in [-0.3, -0.25) is 0 Å². The minimum absolute atomic E-state index is 0.0609. The van der Waals surface area contributed by atoms with Gasteiger partial charge >= 0.3 is 6.03 Å². The van der Waals surface area contributed by atoms with Crippen molar-refractivity contribution in [2.75, 3.05) is 26.4 Å². The van der Waals surface area contributed by atoms with Crippen molar-refractivity contribution < 1.29 is 23.0 Å². The van der Waals surface area contributed by atoms with Crippen LogP contribution >= 0.6 is 0 Å². The summed E-state index contributed by atoms with van der Waals surface area (Å²) in [5.41, 5.74) is 0.941. The Balaban J connectivity index is 1.86. The number of halogens is 2. The van der Waals surface area contributed by atoms with Crippen molar-refractivity contribution in [1.29, 1.82) is 0 Å². The largest absolute Gasteiger partial charge is 0.491 e. The predicted octanol–water partition coefficient (Wildman–Crippen LogP) is 2.26. The summed E-state index contributed by atoms with van der Waals surface area (Å²) in [6, 6.07) is 7.23. The van der Waals surface area contributed by atoms with Crippen LogP contribution in [0.1, 0.15) is 12.5 Å². The fraction of sp³-hybridized carbons (Fsp3) is 0.533. The smallest absolute Gasteiger partial charge is 0.318 e. The molecule has 0 unspecified atom stereocenters. The van der Waals surface area contributed by atoms with Crippen molar-refractivity contribution in [1.82, 2.24) is 10.2 Å². The molecule has 7 heteroatoms. The topological polar surface area (TPSA) is 50.8 Å². The first kappa shape index (κ1) is 16.5. The van der Waals surface area contributed by atoms with E-state index in [-0.39, 0.29) is 25.2 Å². The van der Waals surface area contributed by atoms with Gasteiger partial charge in [-0.1, -0.05) is 18.2 Å². The van der Waals surface area contributed by atoms with Gasteiger partial charge in [-0.15, -0.1) is 0 Å². The lowest BCUT2D eigenvalue weighted by Gasteiger charge is -2.26. The maximum absolute atomic E-state index is 12.2. The summed E-state index contributed by atoms with van der Waals surface area (Å²) in [6.45, 7) is 2.39. The molecule has 1 N–H and O–H groups in total. The van der Waals surface area contributed by atoms with Gasteiger partial charge in [0.2, 0.25) is 0 Å². The highest BCUT2D eigenvalue weighted by Gasteiger charge is 2.25. The molecule has 2 rings (SSSR count). The fourth-order valence-corrected chi connectivity index (χ4v) is 2.19. The molecule has 0 spiro atoms. The molecule has 1 aromatic carbocycles. The highest BCUT2D eigenvalue weighted by atomic mass is 19.3. The molecule has 0 saturated heterocycles. The van der Waals surface area contributed by atoms with Crippen molar-refractivity contribution >= 4 is 6.03 Å². The predicted molar refractivity (Wildman–Crippen MR) is 77.2 cm³/mol. The second kappa shape index (κ2) is 7.93. The molecule has 5 nitrogen and oxygen atoms in total. The van der Waals surface area contributed by atoms with Crippen molar-refractivity contribution in [2.24, 2.45) is 0 Å². The highest BCUT2D eigenvalue weighted by molar-refractivity contribution is 5.74. The van der Waals surface area contributed by atoms with Crippen LogP contribution in [-0.4, -0.2) is 49.8 Å². The van der Waals surface area contributed by atoms with Gasteiger partial charge in [0, 0.05) is 12.1 Å². The second-order valence-corrected chi connectivity index (χ2v) is 5.09. The van der Waals surface area contributed by atoms with Gasteiger partial charge in [0.15, 0.2) is 0 Å². The SMILES string of the molecule is C[C@@H]1COc2ccccc2CN1C(=O)NCCOCC(F)F. The van der Waals surface area contributed by atoms with Gasteiger partial charge in [0.1, 0.15) is 19.0 Å². The lowest BCUT2D eigenvalue weighted by atomic mass is 10.2. The molecule has 0 bridgehead atoms. The Bertz CT molecular complexity index is 499. The van der Waals surface area contributed by atoms with Crippen LogP contribution in [0.3, 0.4) is 0 Å². The summed E-state index contributed by atoms with van der Waals surface area (Å²) in [5, 5.41) is 2.68. The average Bonchev–Trinajstić information content (AvgIpc) is 2.66. The van der Waals surface area contributed by atoms with Crippen molar-refractivity contribution in [3.63, 3.8) is 0 Å². The summed E-state index contributed by atoms with van der Waals surface area (Å²) in [7, 11) is 0. The Hall–Kier alpha value is -1.89. The molecule has 1 aliphatic heterocycles. The Morgan fingerprint density at radius 1 is 1.50 bits per heavy atom. The van der Waals surface area contributed by atoms with E-state index in [0.29, 0.717) is 13.2 Å². The van der Waals surface area contributed by atoms with Crippen LogP contribution in [0.2, 0.25) is 0 Å². The Morgan fingerprint density at radius 2 is 2.27 bits per heavy atom. The highest BCUT2D eigenvalue weighted by Crippen LogP contribution is 2.24. The zero-order valence-corrected chi connectivity index (χ0v) is 12.4. The summed E-state index contributed by atoms with van der Waals surface area (Å²) < 4.78 is 34.2. The molecule has 0 aliphatic carbocycles. The summed E-state index contributed by atoms with van der Waals surface area (Å²) >= 11 is 0. The van der Waals surface area contributed by atoms with Gasteiger partial charge in [-0.25, -0.2) is 13.6 Å². The zero-order chi connectivity index (χ0) is 15.9. The fourth-order valence-electron chi connectivity index (χ4n) is 2.19. The third-order valence-electron chi connectivity index (χ3n) is 3.35. The molecule has 0 radical (unpaired) electrons. The third kappa shape index (κ3) is 4.56. The summed E-state index contributed by atoms with van der Waals surface area (Å²) in [5.74, 6) is 0.782. The first-order valence-electron chi connectivity index (χ1n) is 7.19. The number of carbonyl (C=O) groups excluding carboxylic acids is 1. The molecular formula is C15H20F2N2O3. The summed E-state index contributed by atoms with van der Waals surface area (Å²) in [6.07, 6.45) is -2.49. The Morgan fingerprint density at radius 3 is 3.05 bits per heavy atom. The van der Waals surface area contributed by atoms with Gasteiger partial charge in [0.25, 0.3) is 6.43 Å². The van der Waals surface area contributed by atoms with E-state index in [1.807, 2.05) is 31.2 Å². The summed E-state index contributed by atoms with van der Waals surface area (Å²) in [4.78, 5) is 13.9. The number of amides is 2. The molecule has 1 atom stereocenters. The maximum atomic E-state index is 12.2. The zero-order valence-electron chi connectivity index (χ0n) is 12.4. The number of urea groups is 1. The number of para-hydroxylation sites is 1. The molecule has 122 valence electrons. The van der Waals surface area contributed by atoms with Gasteiger partial charge in [0.05, 0.1) is 19.2 Å². The van der Waals surface area contributed by atoms with E-state index in [4.69, 9.17) is 9.47 Å². The molecule has 0 saturated carbocycles. The van der Waals surface area contributed by atoms with E-state index >= 15 is 0 Å². The Kier molecular flexibility index (Phi) is 5.94. The van der Waals surface area contributed by atoms with E-state index in [1.165, 1.54) is 0 Å². The molecule has 1 heterocycles. The molecular weight excluding hydrogens is 294 g/mol. The number of nitrogens with one attached hydrogen (secondary N) is 1. The van der Waals surface area contributed by atoms with Crippen LogP contribution in [0.15, 0.2) is 24.3 Å². The number of alkyl halides is 2. The molecule has 1 aliphatic rings. The molecule has 0 aromatic heterocycles. The van der Waals surface area contributed by atoms with Gasteiger partial charge in [-0.2, -0.15) is 0 Å². The van der Waals surface area contributed by atoms with Crippen LogP contribution in [-0.2, 0) is 11.3 Å². The molecule has 2 amide bonds. The third-order valence-corrected chi connectivity index (χ3v) is 3.35. The van der Waals surface area contributed by atoms with Gasteiger partial charge < -0.3 is 19.7 Å². The molecule has 0 fully saturated rings. The van der Waals surface area contributed by atoms with Crippen molar-refractivity contribution in [3.8, 4) is 5.75 Å². The van der Waals surface area contributed by atoms with Crippen molar-refractivity contribution in [2.45, 2.75) is 25.9 Å². The standard InChI is InChI=1S/C15H20F2N2O3/c1-11-9-22-13-5-3-2-4-12(13)8-19(11)15(20)18-6-7-21-10-14(16)17/h2-5,11,14H,6-10H2,1H3,(H,18,20)/t11-/m1/s1. The molecule has 1 aromatic rings. The van der Waals surface area contributed by atoms with Crippen LogP contribution in [0.5, 0.6) is 5.75 Å². The first-order valence-corrected chi connectivity index (χ1v) is 7.19. The minimum atomic E-state index is -2.49. The number of ether oxygens (including phenoxy) is 2. The monoisotopic (exact) mass is 314 g/mol. The number of nitrogens with zero attached hydrogens (tertiary/aromatic N) is 1. The van der Waals surface area contributed by atoms with Gasteiger partial charge in [-0.05, 0) is 13.0 Å². The normalized spacial score (nSPS) is 17.6. The first-order chi connectivity index (χ1) is 10.6. The van der Waals surface area contributed by atoms with Crippen LogP contribution in [0, 0.1) is 0 Å². The lowest BCUT2D eigenvalue weighted by Crippen LogP contribution is -2.46. The number of fused-ring (bicyclic) bond motifs is 1. The number of carbonyl (C=O) groups is 1.